The Balaban J connectivity index is 1.59. The van der Waals surface area contributed by atoms with E-state index in [0.717, 1.165) is 16.8 Å². The Hall–Kier alpha value is -3.55. The van der Waals surface area contributed by atoms with Crippen molar-refractivity contribution in [3.8, 4) is 0 Å². The number of aromatic nitrogens is 5. The van der Waals surface area contributed by atoms with Gasteiger partial charge >= 0.3 is 0 Å². The molecule has 4 aromatic rings. The van der Waals surface area contributed by atoms with Crippen LogP contribution >= 0.6 is 0 Å². The molecular formula is C20H19FN6O. The van der Waals surface area contributed by atoms with Gasteiger partial charge in [0.05, 0.1) is 23.2 Å². The highest BCUT2D eigenvalue weighted by atomic mass is 19.1. The smallest absolute Gasteiger partial charge is 0.257 e. The summed E-state index contributed by atoms with van der Waals surface area (Å²) in [5.41, 5.74) is 3.15. The molecule has 0 aliphatic carbocycles. The van der Waals surface area contributed by atoms with E-state index in [1.54, 1.807) is 52.9 Å². The minimum Gasteiger partial charge on any atom is -0.305 e. The Morgan fingerprint density at radius 3 is 2.75 bits per heavy atom. The van der Waals surface area contributed by atoms with Gasteiger partial charge < -0.3 is 5.32 Å². The third kappa shape index (κ3) is 3.24. The second kappa shape index (κ2) is 6.88. The van der Waals surface area contributed by atoms with Crippen LogP contribution in [0.25, 0.3) is 11.0 Å². The number of hydrogen-bond acceptors (Lipinski definition) is 4. The fourth-order valence-electron chi connectivity index (χ4n) is 3.25. The minimum absolute atomic E-state index is 0.281. The van der Waals surface area contributed by atoms with Crippen molar-refractivity contribution >= 4 is 22.8 Å². The van der Waals surface area contributed by atoms with Crippen molar-refractivity contribution in [1.82, 2.24) is 24.5 Å². The van der Waals surface area contributed by atoms with E-state index in [4.69, 9.17) is 0 Å². The molecule has 3 heterocycles. The number of anilines is 1. The first kappa shape index (κ1) is 17.8. The van der Waals surface area contributed by atoms with Crippen LogP contribution < -0.4 is 5.32 Å². The van der Waals surface area contributed by atoms with E-state index in [0.29, 0.717) is 22.6 Å². The lowest BCUT2D eigenvalue weighted by molar-refractivity contribution is 0.102. The highest BCUT2D eigenvalue weighted by Gasteiger charge is 2.18. The molecule has 0 saturated heterocycles. The van der Waals surface area contributed by atoms with Gasteiger partial charge in [-0.1, -0.05) is 18.2 Å². The first-order chi connectivity index (χ1) is 13.4. The van der Waals surface area contributed by atoms with Crippen LogP contribution in [-0.2, 0) is 13.6 Å². The Kier molecular flexibility index (Phi) is 4.38. The lowest BCUT2D eigenvalue weighted by Gasteiger charge is -2.06. The molecule has 4 rings (SSSR count). The van der Waals surface area contributed by atoms with Gasteiger partial charge in [-0.3, -0.25) is 14.2 Å². The van der Waals surface area contributed by atoms with E-state index >= 15 is 0 Å². The molecular weight excluding hydrogens is 359 g/mol. The highest BCUT2D eigenvalue weighted by molar-refractivity contribution is 6.12. The van der Waals surface area contributed by atoms with Crippen molar-refractivity contribution in [2.45, 2.75) is 20.4 Å². The second-order valence-electron chi connectivity index (χ2n) is 6.66. The number of amides is 1. The lowest BCUT2D eigenvalue weighted by atomic mass is 10.1. The van der Waals surface area contributed by atoms with E-state index in [1.807, 2.05) is 13.8 Å². The highest BCUT2D eigenvalue weighted by Crippen LogP contribution is 2.22. The van der Waals surface area contributed by atoms with E-state index in [9.17, 15) is 9.18 Å². The van der Waals surface area contributed by atoms with Crippen molar-refractivity contribution < 1.29 is 9.18 Å². The molecule has 0 unspecified atom stereocenters. The molecule has 0 atom stereocenters. The minimum atomic E-state index is -0.289. The van der Waals surface area contributed by atoms with Crippen LogP contribution in [0.5, 0.6) is 0 Å². The zero-order valence-electron chi connectivity index (χ0n) is 15.8. The number of nitrogens with one attached hydrogen (secondary N) is 1. The van der Waals surface area contributed by atoms with Gasteiger partial charge in [0.1, 0.15) is 5.82 Å². The summed E-state index contributed by atoms with van der Waals surface area (Å²) in [4.78, 5) is 17.3. The summed E-state index contributed by atoms with van der Waals surface area (Å²) in [5, 5.41) is 12.2. The van der Waals surface area contributed by atoms with Crippen LogP contribution in [0.4, 0.5) is 10.2 Å². The third-order valence-electron chi connectivity index (χ3n) is 4.51. The molecule has 1 aromatic carbocycles. The molecule has 3 aromatic heterocycles. The maximum absolute atomic E-state index is 13.8. The molecule has 0 aliphatic heterocycles. The zero-order chi connectivity index (χ0) is 19.8. The molecule has 0 aliphatic rings. The molecule has 1 N–H and O–H groups in total. The normalized spacial score (nSPS) is 11.1. The van der Waals surface area contributed by atoms with Gasteiger partial charge in [-0.2, -0.15) is 10.2 Å². The summed E-state index contributed by atoms with van der Waals surface area (Å²) in [6, 6.07) is 9.96. The average molecular weight is 378 g/mol. The summed E-state index contributed by atoms with van der Waals surface area (Å²) in [6.07, 6.45) is 1.70. The first-order valence-corrected chi connectivity index (χ1v) is 8.81. The van der Waals surface area contributed by atoms with E-state index in [1.165, 1.54) is 6.07 Å². The molecule has 0 fully saturated rings. The molecule has 142 valence electrons. The van der Waals surface area contributed by atoms with Crippen molar-refractivity contribution in [3.63, 3.8) is 0 Å². The number of carbonyl (C=O) groups excluding carboxylic acids is 1. The second-order valence-corrected chi connectivity index (χ2v) is 6.66. The van der Waals surface area contributed by atoms with Crippen LogP contribution in [0.3, 0.4) is 0 Å². The number of rotatable bonds is 4. The summed E-state index contributed by atoms with van der Waals surface area (Å²) < 4.78 is 17.1. The fourth-order valence-corrected chi connectivity index (χ4v) is 3.25. The van der Waals surface area contributed by atoms with Crippen molar-refractivity contribution in [2.75, 3.05) is 5.32 Å². The Morgan fingerprint density at radius 2 is 1.96 bits per heavy atom. The van der Waals surface area contributed by atoms with E-state index in [2.05, 4.69) is 20.5 Å². The van der Waals surface area contributed by atoms with Crippen molar-refractivity contribution in [2.24, 2.45) is 7.05 Å². The van der Waals surface area contributed by atoms with Gasteiger partial charge in [-0.15, -0.1) is 0 Å². The lowest BCUT2D eigenvalue weighted by Crippen LogP contribution is -2.14. The average Bonchev–Trinajstić information content (AvgIpc) is 3.20. The van der Waals surface area contributed by atoms with Crippen LogP contribution in [0.2, 0.25) is 0 Å². The van der Waals surface area contributed by atoms with Gasteiger partial charge in [0.15, 0.2) is 11.5 Å². The molecule has 0 saturated carbocycles. The van der Waals surface area contributed by atoms with Gasteiger partial charge in [0.25, 0.3) is 5.91 Å². The fraction of sp³-hybridized carbons (Fsp3) is 0.200. The molecule has 0 radical (unpaired) electrons. The number of halogens is 1. The zero-order valence-corrected chi connectivity index (χ0v) is 15.8. The summed E-state index contributed by atoms with van der Waals surface area (Å²) >= 11 is 0. The predicted molar refractivity (Wildman–Crippen MR) is 104 cm³/mol. The molecule has 7 nitrogen and oxygen atoms in total. The molecule has 8 heteroatoms. The molecule has 1 amide bonds. The van der Waals surface area contributed by atoms with Gasteiger partial charge in [-0.05, 0) is 26.0 Å². The van der Waals surface area contributed by atoms with Crippen LogP contribution in [0.1, 0.15) is 27.3 Å². The Labute approximate surface area is 160 Å². The number of fused-ring (bicyclic) bond motifs is 1. The quantitative estimate of drug-likeness (QED) is 0.591. The number of benzene rings is 1. The first-order valence-electron chi connectivity index (χ1n) is 8.81. The number of hydrogen-bond donors (Lipinski definition) is 1. The predicted octanol–water partition coefficient (Wildman–Crippen LogP) is 3.22. The number of aryl methyl sites for hydroxylation is 3. The standard InChI is InChI=1S/C20H19FN6O/c1-12-10-15(18-13(2)24-26(3)19(18)22-12)20(28)23-17-8-9-27(25-17)11-14-6-4-5-7-16(14)21/h4-10H,11H2,1-3H3,(H,23,25,28). The summed E-state index contributed by atoms with van der Waals surface area (Å²) in [6.45, 7) is 3.96. The van der Waals surface area contributed by atoms with Crippen molar-refractivity contribution in [3.05, 3.63) is 70.9 Å². The van der Waals surface area contributed by atoms with Gasteiger partial charge in [-0.25, -0.2) is 9.37 Å². The van der Waals surface area contributed by atoms with Crippen LogP contribution in [-0.4, -0.2) is 30.5 Å². The third-order valence-corrected chi connectivity index (χ3v) is 4.51. The number of pyridine rings is 1. The van der Waals surface area contributed by atoms with Crippen molar-refractivity contribution in [1.29, 1.82) is 0 Å². The Morgan fingerprint density at radius 1 is 1.18 bits per heavy atom. The van der Waals surface area contributed by atoms with E-state index < -0.39 is 0 Å². The Bertz CT molecular complexity index is 1190. The maximum Gasteiger partial charge on any atom is 0.257 e. The van der Waals surface area contributed by atoms with Gasteiger partial charge in [0, 0.05) is 30.6 Å². The van der Waals surface area contributed by atoms with Crippen LogP contribution in [0, 0.1) is 19.7 Å². The molecule has 28 heavy (non-hydrogen) atoms. The summed E-state index contributed by atoms with van der Waals surface area (Å²) in [5.74, 6) is -0.182. The summed E-state index contributed by atoms with van der Waals surface area (Å²) in [7, 11) is 1.80. The van der Waals surface area contributed by atoms with E-state index in [-0.39, 0.29) is 18.3 Å². The monoisotopic (exact) mass is 378 g/mol. The van der Waals surface area contributed by atoms with Crippen LogP contribution in [0.15, 0.2) is 42.6 Å². The number of nitrogens with zero attached hydrogens (tertiary/aromatic N) is 5. The molecule has 0 spiro atoms. The number of carbonyl (C=O) groups is 1. The topological polar surface area (TPSA) is 77.6 Å². The molecule has 0 bridgehead atoms. The van der Waals surface area contributed by atoms with Gasteiger partial charge in [0.2, 0.25) is 0 Å². The maximum atomic E-state index is 13.8. The largest absolute Gasteiger partial charge is 0.305 e. The SMILES string of the molecule is Cc1cc(C(=O)Nc2ccn(Cc3ccccc3F)n2)c2c(C)nn(C)c2n1.